The Morgan fingerprint density at radius 3 is 2.26 bits per heavy atom. The van der Waals surface area contributed by atoms with Gasteiger partial charge >= 0.3 is 0 Å². The van der Waals surface area contributed by atoms with Crippen molar-refractivity contribution in [2.75, 3.05) is 6.54 Å². The standard InChI is InChI=1S/C16H27NO2/c1-2-3-4-5-6-7-8-9-10-13-17-16(18)15-12-11-14-19-15/h11-12,14H,2-10,13H2,1H3,(H,17,18). The molecule has 0 saturated heterocycles. The van der Waals surface area contributed by atoms with Crippen molar-refractivity contribution in [3.63, 3.8) is 0 Å². The molecular weight excluding hydrogens is 238 g/mol. The highest BCUT2D eigenvalue weighted by atomic mass is 16.3. The van der Waals surface area contributed by atoms with Gasteiger partial charge in [-0.1, -0.05) is 58.3 Å². The third-order valence-electron chi connectivity index (χ3n) is 3.31. The maximum atomic E-state index is 11.5. The predicted molar refractivity (Wildman–Crippen MR) is 78.3 cm³/mol. The second-order valence-electron chi connectivity index (χ2n) is 5.06. The van der Waals surface area contributed by atoms with Gasteiger partial charge in [-0.3, -0.25) is 4.79 Å². The highest BCUT2D eigenvalue weighted by molar-refractivity contribution is 5.91. The largest absolute Gasteiger partial charge is 0.459 e. The quantitative estimate of drug-likeness (QED) is 0.597. The van der Waals surface area contributed by atoms with Gasteiger partial charge in [0.05, 0.1) is 6.26 Å². The van der Waals surface area contributed by atoms with Crippen molar-refractivity contribution in [2.24, 2.45) is 0 Å². The van der Waals surface area contributed by atoms with Gasteiger partial charge in [0.25, 0.3) is 5.91 Å². The van der Waals surface area contributed by atoms with Crippen LogP contribution < -0.4 is 5.32 Å². The van der Waals surface area contributed by atoms with E-state index in [9.17, 15) is 4.79 Å². The highest BCUT2D eigenvalue weighted by Crippen LogP contribution is 2.09. The third kappa shape index (κ3) is 7.70. The molecular formula is C16H27NO2. The van der Waals surface area contributed by atoms with Crippen LogP contribution in [0.1, 0.15) is 75.3 Å². The Morgan fingerprint density at radius 1 is 1.05 bits per heavy atom. The van der Waals surface area contributed by atoms with Crippen molar-refractivity contribution in [1.82, 2.24) is 5.32 Å². The molecule has 0 aromatic carbocycles. The molecule has 108 valence electrons. The fourth-order valence-electron chi connectivity index (χ4n) is 2.13. The van der Waals surface area contributed by atoms with E-state index in [0.29, 0.717) is 5.76 Å². The maximum absolute atomic E-state index is 11.5. The fraction of sp³-hybridized carbons (Fsp3) is 0.688. The SMILES string of the molecule is CCCCCCCCCCCNC(=O)c1ccco1. The minimum atomic E-state index is -0.107. The van der Waals surface area contributed by atoms with Gasteiger partial charge in [-0.2, -0.15) is 0 Å². The molecule has 1 amide bonds. The van der Waals surface area contributed by atoms with Gasteiger partial charge in [-0.25, -0.2) is 0 Å². The lowest BCUT2D eigenvalue weighted by atomic mass is 10.1. The molecule has 1 heterocycles. The van der Waals surface area contributed by atoms with E-state index in [1.54, 1.807) is 12.1 Å². The molecule has 3 heteroatoms. The summed E-state index contributed by atoms with van der Waals surface area (Å²) in [6.07, 6.45) is 13.2. The first-order valence-corrected chi connectivity index (χ1v) is 7.66. The molecule has 1 N–H and O–H groups in total. The molecule has 0 aliphatic carbocycles. The summed E-state index contributed by atoms with van der Waals surface area (Å²) in [6, 6.07) is 3.42. The number of amides is 1. The summed E-state index contributed by atoms with van der Waals surface area (Å²) in [5.74, 6) is 0.292. The lowest BCUT2D eigenvalue weighted by molar-refractivity contribution is 0.0925. The van der Waals surface area contributed by atoms with Crippen molar-refractivity contribution >= 4 is 5.91 Å². The second kappa shape index (κ2) is 10.7. The van der Waals surface area contributed by atoms with Crippen LogP contribution in [0.3, 0.4) is 0 Å². The van der Waals surface area contributed by atoms with Gasteiger partial charge in [0.2, 0.25) is 0 Å². The molecule has 0 saturated carbocycles. The molecule has 0 radical (unpaired) electrons. The number of carbonyl (C=O) groups excluding carboxylic acids is 1. The predicted octanol–water partition coefficient (Wildman–Crippen LogP) is 4.54. The molecule has 0 aliphatic heterocycles. The van der Waals surface area contributed by atoms with E-state index < -0.39 is 0 Å². The van der Waals surface area contributed by atoms with Crippen molar-refractivity contribution in [1.29, 1.82) is 0 Å². The summed E-state index contributed by atoms with van der Waals surface area (Å²) in [6.45, 7) is 2.99. The van der Waals surface area contributed by atoms with Gasteiger partial charge in [-0.15, -0.1) is 0 Å². The van der Waals surface area contributed by atoms with Gasteiger partial charge in [0.1, 0.15) is 0 Å². The summed E-state index contributed by atoms with van der Waals surface area (Å²) in [4.78, 5) is 11.5. The van der Waals surface area contributed by atoms with Crippen molar-refractivity contribution in [3.05, 3.63) is 24.2 Å². The van der Waals surface area contributed by atoms with Gasteiger partial charge < -0.3 is 9.73 Å². The molecule has 0 unspecified atom stereocenters. The highest BCUT2D eigenvalue weighted by Gasteiger charge is 2.06. The number of rotatable bonds is 11. The Kier molecular flexibility index (Phi) is 8.86. The fourth-order valence-corrected chi connectivity index (χ4v) is 2.13. The Bertz CT molecular complexity index is 319. The Labute approximate surface area is 116 Å². The van der Waals surface area contributed by atoms with Gasteiger partial charge in [-0.05, 0) is 18.6 Å². The zero-order valence-corrected chi connectivity index (χ0v) is 12.1. The van der Waals surface area contributed by atoms with Crippen molar-refractivity contribution in [2.45, 2.75) is 64.7 Å². The van der Waals surface area contributed by atoms with E-state index in [1.807, 2.05) is 0 Å². The van der Waals surface area contributed by atoms with E-state index >= 15 is 0 Å². The minimum Gasteiger partial charge on any atom is -0.459 e. The number of unbranched alkanes of at least 4 members (excludes halogenated alkanes) is 8. The molecule has 0 spiro atoms. The summed E-state index contributed by atoms with van der Waals surface area (Å²) in [5, 5.41) is 2.87. The number of furan rings is 1. The van der Waals surface area contributed by atoms with Crippen LogP contribution >= 0.6 is 0 Å². The van der Waals surface area contributed by atoms with Crippen LogP contribution in [-0.4, -0.2) is 12.5 Å². The number of hydrogen-bond donors (Lipinski definition) is 1. The average molecular weight is 265 g/mol. The van der Waals surface area contributed by atoms with E-state index in [-0.39, 0.29) is 5.91 Å². The zero-order valence-electron chi connectivity index (χ0n) is 12.1. The second-order valence-corrected chi connectivity index (χ2v) is 5.06. The van der Waals surface area contributed by atoms with Crippen molar-refractivity contribution < 1.29 is 9.21 Å². The molecule has 0 aliphatic rings. The van der Waals surface area contributed by atoms with E-state index in [1.165, 1.54) is 57.6 Å². The monoisotopic (exact) mass is 265 g/mol. The van der Waals surface area contributed by atoms with Crippen LogP contribution in [0.15, 0.2) is 22.8 Å². The van der Waals surface area contributed by atoms with Crippen LogP contribution in [0.4, 0.5) is 0 Å². The molecule has 1 rings (SSSR count). The molecule has 0 fully saturated rings. The summed E-state index contributed by atoms with van der Waals surface area (Å²) >= 11 is 0. The third-order valence-corrected chi connectivity index (χ3v) is 3.31. The van der Waals surface area contributed by atoms with Crippen LogP contribution in [0.2, 0.25) is 0 Å². The number of hydrogen-bond acceptors (Lipinski definition) is 2. The normalized spacial score (nSPS) is 10.6. The Hall–Kier alpha value is -1.25. The topological polar surface area (TPSA) is 42.2 Å². The van der Waals surface area contributed by atoms with Crippen molar-refractivity contribution in [3.8, 4) is 0 Å². The minimum absolute atomic E-state index is 0.107. The van der Waals surface area contributed by atoms with Crippen LogP contribution in [-0.2, 0) is 0 Å². The molecule has 1 aromatic rings. The molecule has 3 nitrogen and oxygen atoms in total. The molecule has 1 aromatic heterocycles. The summed E-state index contributed by atoms with van der Waals surface area (Å²) < 4.78 is 5.03. The first-order valence-electron chi connectivity index (χ1n) is 7.66. The molecule has 19 heavy (non-hydrogen) atoms. The average Bonchev–Trinajstić information content (AvgIpc) is 2.95. The maximum Gasteiger partial charge on any atom is 0.286 e. The van der Waals surface area contributed by atoms with Gasteiger partial charge in [0.15, 0.2) is 5.76 Å². The number of carbonyl (C=O) groups is 1. The Balaban J connectivity index is 1.85. The first-order chi connectivity index (χ1) is 9.34. The lowest BCUT2D eigenvalue weighted by Gasteiger charge is -2.03. The smallest absolute Gasteiger partial charge is 0.286 e. The number of nitrogens with one attached hydrogen (secondary N) is 1. The Morgan fingerprint density at radius 2 is 1.68 bits per heavy atom. The van der Waals surface area contributed by atoms with Crippen LogP contribution in [0.25, 0.3) is 0 Å². The van der Waals surface area contributed by atoms with E-state index in [0.717, 1.165) is 13.0 Å². The summed E-state index contributed by atoms with van der Waals surface area (Å²) in [7, 11) is 0. The van der Waals surface area contributed by atoms with E-state index in [4.69, 9.17) is 4.42 Å². The molecule has 0 atom stereocenters. The van der Waals surface area contributed by atoms with E-state index in [2.05, 4.69) is 12.2 Å². The first kappa shape index (κ1) is 15.8. The lowest BCUT2D eigenvalue weighted by Crippen LogP contribution is -2.23. The van der Waals surface area contributed by atoms with Crippen LogP contribution in [0, 0.1) is 0 Å². The zero-order chi connectivity index (χ0) is 13.8. The summed E-state index contributed by atoms with van der Waals surface area (Å²) in [5.41, 5.74) is 0. The van der Waals surface area contributed by atoms with Crippen LogP contribution in [0.5, 0.6) is 0 Å². The molecule has 0 bridgehead atoms. The van der Waals surface area contributed by atoms with Gasteiger partial charge in [0, 0.05) is 6.54 Å².